The number of hydrogen-bond acceptors (Lipinski definition) is 3. The summed E-state index contributed by atoms with van der Waals surface area (Å²) >= 11 is 5.71. The molecule has 0 aromatic carbocycles. The lowest BCUT2D eigenvalue weighted by Crippen LogP contribution is -2.18. The summed E-state index contributed by atoms with van der Waals surface area (Å²) in [4.78, 5) is 9.95. The van der Waals surface area contributed by atoms with Crippen LogP contribution in [0.15, 0.2) is 12.4 Å². The Bertz CT molecular complexity index is 252. The van der Waals surface area contributed by atoms with E-state index in [0.29, 0.717) is 5.15 Å². The lowest BCUT2D eigenvalue weighted by Gasteiger charge is -2.16. The zero-order chi connectivity index (χ0) is 8.97. The molecular formula is C8H12ClN3. The van der Waals surface area contributed by atoms with Crippen LogP contribution in [-0.2, 0) is 0 Å². The molecule has 0 radical (unpaired) electrons. The third-order valence-electron chi connectivity index (χ3n) is 1.57. The van der Waals surface area contributed by atoms with Gasteiger partial charge in [-0.1, -0.05) is 18.5 Å². The minimum Gasteiger partial charge on any atom is -0.360 e. The highest BCUT2D eigenvalue weighted by atomic mass is 35.5. The average Bonchev–Trinajstić information content (AvgIpc) is 2.05. The van der Waals surface area contributed by atoms with Crippen molar-refractivity contribution in [3.8, 4) is 0 Å². The molecule has 0 amide bonds. The van der Waals surface area contributed by atoms with E-state index in [0.717, 1.165) is 18.8 Å². The zero-order valence-corrected chi connectivity index (χ0v) is 8.04. The summed E-state index contributed by atoms with van der Waals surface area (Å²) in [5.74, 6) is 0.872. The fourth-order valence-corrected chi connectivity index (χ4v) is 1.12. The molecule has 0 fully saturated rings. The molecule has 0 saturated carbocycles. The van der Waals surface area contributed by atoms with E-state index in [2.05, 4.69) is 16.9 Å². The van der Waals surface area contributed by atoms with Gasteiger partial charge in [0.1, 0.15) is 17.3 Å². The summed E-state index contributed by atoms with van der Waals surface area (Å²) in [7, 11) is 1.99. The molecule has 3 nitrogen and oxygen atoms in total. The van der Waals surface area contributed by atoms with E-state index in [1.165, 1.54) is 6.33 Å². The Labute approximate surface area is 77.4 Å². The lowest BCUT2D eigenvalue weighted by molar-refractivity contribution is 0.834. The van der Waals surface area contributed by atoms with Gasteiger partial charge in [0.15, 0.2) is 0 Å². The van der Waals surface area contributed by atoms with Crippen molar-refractivity contribution in [2.24, 2.45) is 0 Å². The normalized spacial score (nSPS) is 9.92. The van der Waals surface area contributed by atoms with Crippen LogP contribution in [0.5, 0.6) is 0 Å². The summed E-state index contributed by atoms with van der Waals surface area (Å²) in [5.41, 5.74) is 0. The van der Waals surface area contributed by atoms with Gasteiger partial charge in [0.25, 0.3) is 0 Å². The molecule has 0 spiro atoms. The van der Waals surface area contributed by atoms with E-state index in [1.807, 2.05) is 11.9 Å². The third kappa shape index (κ3) is 2.34. The minimum atomic E-state index is 0.489. The predicted octanol–water partition coefficient (Wildman–Crippen LogP) is 1.98. The number of anilines is 1. The van der Waals surface area contributed by atoms with E-state index in [-0.39, 0.29) is 0 Å². The largest absolute Gasteiger partial charge is 0.360 e. The molecule has 0 N–H and O–H groups in total. The zero-order valence-electron chi connectivity index (χ0n) is 7.29. The van der Waals surface area contributed by atoms with Gasteiger partial charge in [-0.15, -0.1) is 0 Å². The first kappa shape index (κ1) is 9.26. The predicted molar refractivity (Wildman–Crippen MR) is 50.6 cm³/mol. The minimum absolute atomic E-state index is 0.489. The van der Waals surface area contributed by atoms with Crippen LogP contribution in [0.25, 0.3) is 0 Å². The Morgan fingerprint density at radius 3 is 2.83 bits per heavy atom. The van der Waals surface area contributed by atoms with Gasteiger partial charge < -0.3 is 4.90 Å². The Morgan fingerprint density at radius 2 is 2.25 bits per heavy atom. The van der Waals surface area contributed by atoms with Crippen molar-refractivity contribution in [1.29, 1.82) is 0 Å². The average molecular weight is 186 g/mol. The first-order valence-electron chi connectivity index (χ1n) is 3.92. The van der Waals surface area contributed by atoms with E-state index in [9.17, 15) is 0 Å². The van der Waals surface area contributed by atoms with Gasteiger partial charge in [0.2, 0.25) is 0 Å². The number of aromatic nitrogens is 2. The summed E-state index contributed by atoms with van der Waals surface area (Å²) in [6.07, 6.45) is 2.57. The molecule has 12 heavy (non-hydrogen) atoms. The number of nitrogens with zero attached hydrogens (tertiary/aromatic N) is 3. The van der Waals surface area contributed by atoms with Crippen molar-refractivity contribution in [3.05, 3.63) is 17.5 Å². The van der Waals surface area contributed by atoms with Gasteiger partial charge in [0.05, 0.1) is 0 Å². The molecule has 0 saturated heterocycles. The van der Waals surface area contributed by atoms with Crippen LogP contribution < -0.4 is 4.90 Å². The van der Waals surface area contributed by atoms with Crippen LogP contribution in [0.3, 0.4) is 0 Å². The van der Waals surface area contributed by atoms with Gasteiger partial charge in [-0.3, -0.25) is 0 Å². The monoisotopic (exact) mass is 185 g/mol. The fraction of sp³-hybridized carbons (Fsp3) is 0.500. The van der Waals surface area contributed by atoms with Crippen molar-refractivity contribution in [2.45, 2.75) is 13.3 Å². The van der Waals surface area contributed by atoms with Crippen LogP contribution in [0.4, 0.5) is 5.82 Å². The van der Waals surface area contributed by atoms with Crippen LogP contribution >= 0.6 is 11.6 Å². The van der Waals surface area contributed by atoms with Crippen molar-refractivity contribution >= 4 is 17.4 Å². The van der Waals surface area contributed by atoms with E-state index < -0.39 is 0 Å². The standard InChI is InChI=1S/C8H12ClN3/c1-3-4-12(2)8-5-7(9)10-6-11-8/h5-6H,3-4H2,1-2H3. The Kier molecular flexibility index (Phi) is 3.29. The van der Waals surface area contributed by atoms with Crippen molar-refractivity contribution in [1.82, 2.24) is 9.97 Å². The number of rotatable bonds is 3. The molecule has 1 aromatic heterocycles. The summed E-state index contributed by atoms with van der Waals surface area (Å²) in [6.45, 7) is 3.10. The molecule has 0 bridgehead atoms. The fourth-order valence-electron chi connectivity index (χ4n) is 0.983. The first-order valence-corrected chi connectivity index (χ1v) is 4.30. The lowest BCUT2D eigenvalue weighted by atomic mass is 10.4. The number of hydrogen-bond donors (Lipinski definition) is 0. The molecule has 0 aliphatic carbocycles. The maximum atomic E-state index is 5.71. The van der Waals surface area contributed by atoms with Crippen molar-refractivity contribution in [3.63, 3.8) is 0 Å². The summed E-state index contributed by atoms with van der Waals surface area (Å²) < 4.78 is 0. The second-order valence-corrected chi connectivity index (χ2v) is 3.01. The van der Waals surface area contributed by atoms with Crippen LogP contribution in [0, 0.1) is 0 Å². The Hall–Kier alpha value is -0.830. The molecule has 1 rings (SSSR count). The molecule has 0 aliphatic rings. The maximum Gasteiger partial charge on any atom is 0.134 e. The molecular weight excluding hydrogens is 174 g/mol. The van der Waals surface area contributed by atoms with Crippen LogP contribution in [0.1, 0.15) is 13.3 Å². The smallest absolute Gasteiger partial charge is 0.134 e. The highest BCUT2D eigenvalue weighted by molar-refractivity contribution is 6.29. The van der Waals surface area contributed by atoms with Crippen LogP contribution in [-0.4, -0.2) is 23.6 Å². The van der Waals surface area contributed by atoms with Gasteiger partial charge >= 0.3 is 0 Å². The van der Waals surface area contributed by atoms with Crippen molar-refractivity contribution in [2.75, 3.05) is 18.5 Å². The second kappa shape index (κ2) is 4.26. The van der Waals surface area contributed by atoms with Gasteiger partial charge in [-0.2, -0.15) is 0 Å². The summed E-state index contributed by atoms with van der Waals surface area (Å²) in [6, 6.07) is 1.76. The first-order chi connectivity index (χ1) is 5.74. The molecule has 0 unspecified atom stereocenters. The van der Waals surface area contributed by atoms with E-state index in [4.69, 9.17) is 11.6 Å². The van der Waals surface area contributed by atoms with Crippen LogP contribution in [0.2, 0.25) is 5.15 Å². The Morgan fingerprint density at radius 1 is 1.50 bits per heavy atom. The highest BCUT2D eigenvalue weighted by Gasteiger charge is 2.00. The van der Waals surface area contributed by atoms with Gasteiger partial charge in [-0.05, 0) is 6.42 Å². The van der Waals surface area contributed by atoms with Crippen molar-refractivity contribution < 1.29 is 0 Å². The van der Waals surface area contributed by atoms with E-state index >= 15 is 0 Å². The molecule has 1 heterocycles. The second-order valence-electron chi connectivity index (χ2n) is 2.62. The van der Waals surface area contributed by atoms with Gasteiger partial charge in [-0.25, -0.2) is 9.97 Å². The molecule has 1 aromatic rings. The quantitative estimate of drug-likeness (QED) is 0.675. The SMILES string of the molecule is CCCN(C)c1cc(Cl)ncn1. The molecule has 66 valence electrons. The third-order valence-corrected chi connectivity index (χ3v) is 1.78. The van der Waals surface area contributed by atoms with Gasteiger partial charge in [0, 0.05) is 19.7 Å². The summed E-state index contributed by atoms with van der Waals surface area (Å²) in [5, 5.41) is 0.489. The highest BCUT2D eigenvalue weighted by Crippen LogP contribution is 2.12. The number of halogens is 1. The topological polar surface area (TPSA) is 29.0 Å². The Balaban J connectivity index is 2.73. The molecule has 0 aliphatic heterocycles. The molecule has 0 atom stereocenters. The maximum absolute atomic E-state index is 5.71. The van der Waals surface area contributed by atoms with E-state index in [1.54, 1.807) is 6.07 Å². The molecule has 4 heteroatoms.